The largest absolute Gasteiger partial charge is 0.468 e. The van der Waals surface area contributed by atoms with Gasteiger partial charge in [0.25, 0.3) is 0 Å². The monoisotopic (exact) mass is 391 g/mol. The van der Waals surface area contributed by atoms with E-state index in [0.717, 1.165) is 21.2 Å². The molecular formula is C18H18BrNO4. The Morgan fingerprint density at radius 3 is 2.83 bits per heavy atom. The van der Waals surface area contributed by atoms with Crippen molar-refractivity contribution in [1.29, 1.82) is 0 Å². The molecule has 6 heteroatoms. The Balaban J connectivity index is 1.95. The van der Waals surface area contributed by atoms with Crippen LogP contribution in [0.2, 0.25) is 0 Å². The predicted octanol–water partition coefficient (Wildman–Crippen LogP) is 4.60. The summed E-state index contributed by atoms with van der Waals surface area (Å²) < 4.78 is 17.2. The fourth-order valence-corrected chi connectivity index (χ4v) is 2.99. The van der Waals surface area contributed by atoms with E-state index in [2.05, 4.69) is 20.8 Å². The number of halogens is 1. The molecule has 3 aromatic rings. The second-order valence-corrected chi connectivity index (χ2v) is 6.44. The first kappa shape index (κ1) is 16.8. The quantitative estimate of drug-likeness (QED) is 0.574. The second kappa shape index (κ2) is 7.23. The molecule has 0 N–H and O–H groups in total. The first-order valence-corrected chi connectivity index (χ1v) is 8.46. The Kier molecular flexibility index (Phi) is 5.06. The molecule has 2 aromatic heterocycles. The van der Waals surface area contributed by atoms with Gasteiger partial charge in [-0.1, -0.05) is 15.9 Å². The Morgan fingerprint density at radius 2 is 2.12 bits per heavy atom. The first-order valence-electron chi connectivity index (χ1n) is 7.67. The van der Waals surface area contributed by atoms with Gasteiger partial charge in [-0.2, -0.15) is 0 Å². The minimum atomic E-state index is -0.439. The van der Waals surface area contributed by atoms with E-state index in [0.29, 0.717) is 25.3 Å². The van der Waals surface area contributed by atoms with Gasteiger partial charge in [0.2, 0.25) is 5.76 Å². The van der Waals surface area contributed by atoms with Crippen molar-refractivity contribution in [3.8, 4) is 0 Å². The van der Waals surface area contributed by atoms with Crippen molar-refractivity contribution in [3.05, 3.63) is 58.2 Å². The fourth-order valence-electron chi connectivity index (χ4n) is 2.63. The number of hydrogen-bond donors (Lipinski definition) is 0. The highest BCUT2D eigenvalue weighted by Gasteiger charge is 2.23. The molecule has 0 aliphatic heterocycles. The molecule has 0 bridgehead atoms. The van der Waals surface area contributed by atoms with Gasteiger partial charge in [-0.15, -0.1) is 0 Å². The molecule has 0 aliphatic rings. The van der Waals surface area contributed by atoms with Crippen LogP contribution in [0.1, 0.15) is 28.8 Å². The summed E-state index contributed by atoms with van der Waals surface area (Å²) in [6, 6.07) is 9.47. The second-order valence-electron chi connectivity index (χ2n) is 5.52. The van der Waals surface area contributed by atoms with Gasteiger partial charge >= 0.3 is 5.97 Å². The molecule has 2 heterocycles. The molecular weight excluding hydrogens is 374 g/mol. The number of fused-ring (bicyclic) bond motifs is 1. The molecule has 0 radical (unpaired) electrons. The van der Waals surface area contributed by atoms with Gasteiger partial charge in [0.05, 0.1) is 19.4 Å². The van der Waals surface area contributed by atoms with E-state index in [-0.39, 0.29) is 5.76 Å². The zero-order valence-corrected chi connectivity index (χ0v) is 15.1. The zero-order chi connectivity index (χ0) is 17.1. The van der Waals surface area contributed by atoms with E-state index in [1.165, 1.54) is 0 Å². The van der Waals surface area contributed by atoms with Crippen LogP contribution in [-0.2, 0) is 17.8 Å². The van der Waals surface area contributed by atoms with Crippen LogP contribution in [0.3, 0.4) is 0 Å². The van der Waals surface area contributed by atoms with Gasteiger partial charge in [-0.3, -0.25) is 4.90 Å². The van der Waals surface area contributed by atoms with Gasteiger partial charge in [0, 0.05) is 22.0 Å². The summed E-state index contributed by atoms with van der Waals surface area (Å²) >= 11 is 3.47. The van der Waals surface area contributed by atoms with Crippen molar-refractivity contribution in [2.75, 3.05) is 13.7 Å². The smallest absolute Gasteiger partial charge is 0.374 e. The number of carbonyl (C=O) groups excluding carboxylic acids is 1. The molecule has 24 heavy (non-hydrogen) atoms. The predicted molar refractivity (Wildman–Crippen MR) is 93.7 cm³/mol. The van der Waals surface area contributed by atoms with E-state index in [4.69, 9.17) is 13.6 Å². The van der Waals surface area contributed by atoms with E-state index in [1.807, 2.05) is 37.4 Å². The highest BCUT2D eigenvalue weighted by molar-refractivity contribution is 9.10. The van der Waals surface area contributed by atoms with E-state index in [1.54, 1.807) is 13.2 Å². The Morgan fingerprint density at radius 1 is 1.29 bits per heavy atom. The number of rotatable bonds is 6. The van der Waals surface area contributed by atoms with E-state index in [9.17, 15) is 4.79 Å². The molecule has 0 saturated heterocycles. The topological polar surface area (TPSA) is 55.8 Å². The molecule has 126 valence electrons. The third-order valence-electron chi connectivity index (χ3n) is 3.65. The number of nitrogens with zero attached hydrogens (tertiary/aromatic N) is 1. The summed E-state index contributed by atoms with van der Waals surface area (Å²) in [6.07, 6.45) is 1.65. The number of hydrogen-bond acceptors (Lipinski definition) is 5. The maximum atomic E-state index is 12.3. The molecule has 5 nitrogen and oxygen atoms in total. The van der Waals surface area contributed by atoms with Gasteiger partial charge in [0.15, 0.2) is 0 Å². The summed E-state index contributed by atoms with van der Waals surface area (Å²) in [7, 11) is 1.97. The van der Waals surface area contributed by atoms with Gasteiger partial charge in [-0.05, 0) is 44.3 Å². The van der Waals surface area contributed by atoms with E-state index < -0.39 is 5.97 Å². The number of carbonyl (C=O) groups is 1. The highest BCUT2D eigenvalue weighted by atomic mass is 79.9. The van der Waals surface area contributed by atoms with Crippen LogP contribution in [-0.4, -0.2) is 24.5 Å². The maximum Gasteiger partial charge on any atom is 0.374 e. The van der Waals surface area contributed by atoms with Crippen LogP contribution < -0.4 is 0 Å². The van der Waals surface area contributed by atoms with Crippen LogP contribution in [0.25, 0.3) is 11.0 Å². The molecule has 0 aliphatic carbocycles. The van der Waals surface area contributed by atoms with E-state index >= 15 is 0 Å². The number of ether oxygens (including phenoxy) is 1. The Hall–Kier alpha value is -2.05. The summed E-state index contributed by atoms with van der Waals surface area (Å²) in [5, 5.41) is 0.902. The molecule has 0 spiro atoms. The van der Waals surface area contributed by atoms with Crippen molar-refractivity contribution in [1.82, 2.24) is 4.90 Å². The maximum absolute atomic E-state index is 12.3. The van der Waals surface area contributed by atoms with Crippen LogP contribution in [0.5, 0.6) is 0 Å². The number of benzene rings is 1. The Labute approximate surface area is 148 Å². The number of esters is 1. The molecule has 1 aromatic carbocycles. The molecule has 0 unspecified atom stereocenters. The van der Waals surface area contributed by atoms with Crippen LogP contribution in [0.4, 0.5) is 0 Å². The minimum Gasteiger partial charge on any atom is -0.468 e. The van der Waals surface area contributed by atoms with Crippen molar-refractivity contribution >= 4 is 32.9 Å². The zero-order valence-electron chi connectivity index (χ0n) is 13.5. The molecule has 0 amide bonds. The normalized spacial score (nSPS) is 11.3. The van der Waals surface area contributed by atoms with Crippen molar-refractivity contribution in [2.45, 2.75) is 20.0 Å². The summed E-state index contributed by atoms with van der Waals surface area (Å²) in [6.45, 7) is 3.26. The lowest BCUT2D eigenvalue weighted by Crippen LogP contribution is -2.18. The van der Waals surface area contributed by atoms with Crippen molar-refractivity contribution in [3.63, 3.8) is 0 Å². The molecule has 0 fully saturated rings. The van der Waals surface area contributed by atoms with Gasteiger partial charge < -0.3 is 13.6 Å². The Bertz CT molecular complexity index is 838. The highest BCUT2D eigenvalue weighted by Crippen LogP contribution is 2.30. The fraction of sp³-hybridized carbons (Fsp3) is 0.278. The average molecular weight is 392 g/mol. The van der Waals surface area contributed by atoms with Gasteiger partial charge in [-0.25, -0.2) is 4.79 Å². The summed E-state index contributed by atoms with van der Waals surface area (Å²) in [5.74, 6) is 0.687. The van der Waals surface area contributed by atoms with Gasteiger partial charge in [0.1, 0.15) is 11.3 Å². The SMILES string of the molecule is CCOC(=O)c1oc2ccc(Br)cc2c1CN(C)Cc1ccco1. The lowest BCUT2D eigenvalue weighted by atomic mass is 10.1. The molecule has 3 rings (SSSR count). The molecule has 0 saturated carbocycles. The van der Waals surface area contributed by atoms with Crippen LogP contribution in [0.15, 0.2) is 49.9 Å². The third-order valence-corrected chi connectivity index (χ3v) is 4.14. The average Bonchev–Trinajstić information content (AvgIpc) is 3.16. The lowest BCUT2D eigenvalue weighted by Gasteiger charge is -2.15. The third kappa shape index (κ3) is 3.55. The lowest BCUT2D eigenvalue weighted by molar-refractivity contribution is 0.0489. The van der Waals surface area contributed by atoms with Crippen molar-refractivity contribution < 1.29 is 18.4 Å². The first-order chi connectivity index (χ1) is 11.6. The standard InChI is InChI=1S/C18H18BrNO4/c1-3-22-18(21)17-15(11-20(2)10-13-5-4-8-23-13)14-9-12(19)6-7-16(14)24-17/h4-9H,3,10-11H2,1-2H3. The van der Waals surface area contributed by atoms with Crippen molar-refractivity contribution in [2.24, 2.45) is 0 Å². The summed E-state index contributed by atoms with van der Waals surface area (Å²) in [5.41, 5.74) is 1.49. The van der Waals surface area contributed by atoms with Crippen LogP contribution in [0, 0.1) is 0 Å². The summed E-state index contributed by atoms with van der Waals surface area (Å²) in [4.78, 5) is 14.3. The number of furan rings is 2. The minimum absolute atomic E-state index is 0.260. The van der Waals surface area contributed by atoms with Crippen LogP contribution >= 0.6 is 15.9 Å². The molecule has 0 atom stereocenters.